The third-order valence-electron chi connectivity index (χ3n) is 3.21. The second-order valence-electron chi connectivity index (χ2n) is 4.81. The van der Waals surface area contributed by atoms with Gasteiger partial charge in [-0.15, -0.1) is 0 Å². The standard InChI is InChI=1S/C13H21N3/c1-10-8-11(9-15-13(10)16(2)3)12-6-4-5-7-14-12/h8-9,12,14H,4-7H2,1-3H3. The molecule has 3 nitrogen and oxygen atoms in total. The molecule has 16 heavy (non-hydrogen) atoms. The molecule has 2 heterocycles. The molecule has 1 atom stereocenters. The van der Waals surface area contributed by atoms with Crippen molar-refractivity contribution >= 4 is 5.82 Å². The van der Waals surface area contributed by atoms with E-state index in [1.807, 2.05) is 20.3 Å². The van der Waals surface area contributed by atoms with Gasteiger partial charge in [0.25, 0.3) is 0 Å². The van der Waals surface area contributed by atoms with Crippen molar-refractivity contribution in [3.8, 4) is 0 Å². The number of anilines is 1. The molecule has 0 aromatic carbocycles. The van der Waals surface area contributed by atoms with Gasteiger partial charge in [0.2, 0.25) is 0 Å². The molecule has 0 radical (unpaired) electrons. The monoisotopic (exact) mass is 219 g/mol. The van der Waals surface area contributed by atoms with Crippen LogP contribution in [0.25, 0.3) is 0 Å². The van der Waals surface area contributed by atoms with E-state index in [2.05, 4.69) is 28.2 Å². The minimum Gasteiger partial charge on any atom is -0.363 e. The summed E-state index contributed by atoms with van der Waals surface area (Å²) >= 11 is 0. The molecule has 1 aliphatic heterocycles. The molecule has 1 aromatic heterocycles. The summed E-state index contributed by atoms with van der Waals surface area (Å²) in [5.74, 6) is 1.07. The third-order valence-corrected chi connectivity index (χ3v) is 3.21. The van der Waals surface area contributed by atoms with E-state index >= 15 is 0 Å². The van der Waals surface area contributed by atoms with Crippen LogP contribution in [0.3, 0.4) is 0 Å². The predicted octanol–water partition coefficient (Wildman–Crippen LogP) is 2.27. The zero-order chi connectivity index (χ0) is 11.5. The van der Waals surface area contributed by atoms with E-state index in [1.54, 1.807) is 0 Å². The molecular formula is C13H21N3. The maximum atomic E-state index is 4.54. The van der Waals surface area contributed by atoms with Gasteiger partial charge >= 0.3 is 0 Å². The van der Waals surface area contributed by atoms with E-state index in [4.69, 9.17) is 0 Å². The molecule has 0 saturated carbocycles. The fraction of sp³-hybridized carbons (Fsp3) is 0.615. The van der Waals surface area contributed by atoms with Crippen LogP contribution in [0.4, 0.5) is 5.82 Å². The summed E-state index contributed by atoms with van der Waals surface area (Å²) in [5, 5.41) is 3.56. The topological polar surface area (TPSA) is 28.2 Å². The Balaban J connectivity index is 2.19. The van der Waals surface area contributed by atoms with Crippen molar-refractivity contribution in [2.45, 2.75) is 32.2 Å². The molecule has 1 aromatic rings. The Morgan fingerprint density at radius 2 is 2.19 bits per heavy atom. The summed E-state index contributed by atoms with van der Waals surface area (Å²) in [7, 11) is 4.07. The fourth-order valence-corrected chi connectivity index (χ4v) is 2.38. The first kappa shape index (κ1) is 11.4. The second-order valence-corrected chi connectivity index (χ2v) is 4.81. The van der Waals surface area contributed by atoms with Crippen LogP contribution in [-0.2, 0) is 0 Å². The Kier molecular flexibility index (Phi) is 3.44. The number of hydrogen-bond acceptors (Lipinski definition) is 3. The van der Waals surface area contributed by atoms with Gasteiger partial charge in [0, 0.05) is 26.3 Å². The molecule has 1 N–H and O–H groups in total. The number of rotatable bonds is 2. The van der Waals surface area contributed by atoms with Crippen molar-refractivity contribution in [3.63, 3.8) is 0 Å². The largest absolute Gasteiger partial charge is 0.363 e. The smallest absolute Gasteiger partial charge is 0.130 e. The van der Waals surface area contributed by atoms with Gasteiger partial charge in [0.05, 0.1) is 0 Å². The molecule has 0 bridgehead atoms. The van der Waals surface area contributed by atoms with E-state index in [1.165, 1.54) is 30.4 Å². The van der Waals surface area contributed by atoms with Crippen LogP contribution >= 0.6 is 0 Å². The maximum absolute atomic E-state index is 4.54. The lowest BCUT2D eigenvalue weighted by molar-refractivity contribution is 0.411. The molecular weight excluding hydrogens is 198 g/mol. The van der Waals surface area contributed by atoms with Crippen LogP contribution in [0.15, 0.2) is 12.3 Å². The van der Waals surface area contributed by atoms with Gasteiger partial charge in [0.15, 0.2) is 0 Å². The summed E-state index contributed by atoms with van der Waals surface area (Å²) in [6.07, 6.45) is 5.89. The molecule has 0 spiro atoms. The fourth-order valence-electron chi connectivity index (χ4n) is 2.38. The van der Waals surface area contributed by atoms with Crippen molar-refractivity contribution in [1.29, 1.82) is 0 Å². The van der Waals surface area contributed by atoms with Crippen molar-refractivity contribution in [3.05, 3.63) is 23.4 Å². The average molecular weight is 219 g/mol. The lowest BCUT2D eigenvalue weighted by Crippen LogP contribution is -2.27. The number of hydrogen-bond donors (Lipinski definition) is 1. The first-order valence-corrected chi connectivity index (χ1v) is 6.06. The first-order chi connectivity index (χ1) is 7.68. The highest BCUT2D eigenvalue weighted by Crippen LogP contribution is 2.25. The lowest BCUT2D eigenvalue weighted by atomic mass is 9.98. The predicted molar refractivity (Wildman–Crippen MR) is 67.9 cm³/mol. The molecule has 1 aliphatic rings. The summed E-state index contributed by atoms with van der Waals surface area (Å²) in [6, 6.07) is 2.78. The van der Waals surface area contributed by atoms with Crippen molar-refractivity contribution < 1.29 is 0 Å². The summed E-state index contributed by atoms with van der Waals surface area (Å²) < 4.78 is 0. The molecule has 88 valence electrons. The Hall–Kier alpha value is -1.09. The molecule has 1 saturated heterocycles. The quantitative estimate of drug-likeness (QED) is 0.827. The van der Waals surface area contributed by atoms with Crippen LogP contribution in [0.5, 0.6) is 0 Å². The van der Waals surface area contributed by atoms with Gasteiger partial charge in [-0.25, -0.2) is 4.98 Å². The van der Waals surface area contributed by atoms with E-state index < -0.39 is 0 Å². The number of pyridine rings is 1. The van der Waals surface area contributed by atoms with E-state index in [0.717, 1.165) is 12.4 Å². The van der Waals surface area contributed by atoms with Gasteiger partial charge in [-0.1, -0.05) is 6.42 Å². The summed E-state index contributed by atoms with van der Waals surface area (Å²) in [6.45, 7) is 3.27. The van der Waals surface area contributed by atoms with Crippen molar-refractivity contribution in [2.75, 3.05) is 25.5 Å². The third kappa shape index (κ3) is 2.35. The highest BCUT2D eigenvalue weighted by atomic mass is 15.1. The van der Waals surface area contributed by atoms with Gasteiger partial charge < -0.3 is 10.2 Å². The number of aryl methyl sites for hydroxylation is 1. The van der Waals surface area contributed by atoms with Gasteiger partial charge in [-0.3, -0.25) is 0 Å². The number of aromatic nitrogens is 1. The minimum atomic E-state index is 0.510. The normalized spacial score (nSPS) is 20.8. The van der Waals surface area contributed by atoms with Crippen molar-refractivity contribution in [2.24, 2.45) is 0 Å². The molecule has 1 unspecified atom stereocenters. The molecule has 3 heteroatoms. The van der Waals surface area contributed by atoms with E-state index in [0.29, 0.717) is 6.04 Å². The number of nitrogens with zero attached hydrogens (tertiary/aromatic N) is 2. The Bertz CT molecular complexity index is 354. The van der Waals surface area contributed by atoms with Crippen LogP contribution in [0.2, 0.25) is 0 Å². The molecule has 0 amide bonds. The molecule has 1 fully saturated rings. The van der Waals surface area contributed by atoms with Crippen LogP contribution in [0.1, 0.15) is 36.4 Å². The minimum absolute atomic E-state index is 0.510. The first-order valence-electron chi connectivity index (χ1n) is 6.06. The number of piperidine rings is 1. The Morgan fingerprint density at radius 1 is 1.38 bits per heavy atom. The van der Waals surface area contributed by atoms with E-state index in [9.17, 15) is 0 Å². The van der Waals surface area contributed by atoms with Crippen LogP contribution < -0.4 is 10.2 Å². The SMILES string of the molecule is Cc1cc(C2CCCCN2)cnc1N(C)C. The van der Waals surface area contributed by atoms with Crippen molar-refractivity contribution in [1.82, 2.24) is 10.3 Å². The highest BCUT2D eigenvalue weighted by Gasteiger charge is 2.16. The zero-order valence-electron chi connectivity index (χ0n) is 10.5. The Labute approximate surface area is 97.9 Å². The average Bonchev–Trinajstić information content (AvgIpc) is 2.29. The van der Waals surface area contributed by atoms with Crippen LogP contribution in [0, 0.1) is 6.92 Å². The molecule has 2 rings (SSSR count). The summed E-state index contributed by atoms with van der Waals surface area (Å²) in [4.78, 5) is 6.60. The second kappa shape index (κ2) is 4.83. The van der Waals surface area contributed by atoms with Gasteiger partial charge in [-0.05, 0) is 43.5 Å². The molecule has 0 aliphatic carbocycles. The number of nitrogens with one attached hydrogen (secondary N) is 1. The van der Waals surface area contributed by atoms with Crippen LogP contribution in [-0.4, -0.2) is 25.6 Å². The Morgan fingerprint density at radius 3 is 2.75 bits per heavy atom. The lowest BCUT2D eigenvalue weighted by Gasteiger charge is -2.24. The highest BCUT2D eigenvalue weighted by molar-refractivity contribution is 5.46. The van der Waals surface area contributed by atoms with E-state index in [-0.39, 0.29) is 0 Å². The summed E-state index contributed by atoms with van der Waals surface area (Å²) in [5.41, 5.74) is 2.60. The van der Waals surface area contributed by atoms with Gasteiger partial charge in [-0.2, -0.15) is 0 Å². The zero-order valence-corrected chi connectivity index (χ0v) is 10.5. The maximum Gasteiger partial charge on any atom is 0.130 e. The van der Waals surface area contributed by atoms with Gasteiger partial charge in [0.1, 0.15) is 5.82 Å².